The molecule has 1 aromatic carbocycles. The van der Waals surface area contributed by atoms with Crippen LogP contribution in [0.5, 0.6) is 0 Å². The summed E-state index contributed by atoms with van der Waals surface area (Å²) in [5.41, 5.74) is 2.28. The number of rotatable bonds is 7. The van der Waals surface area contributed by atoms with Gasteiger partial charge in [-0.15, -0.1) is 0 Å². The molecule has 2 aliphatic rings. The zero-order valence-corrected chi connectivity index (χ0v) is 17.0. The van der Waals surface area contributed by atoms with Crippen molar-refractivity contribution in [1.82, 2.24) is 14.8 Å². The van der Waals surface area contributed by atoms with Crippen molar-refractivity contribution in [3.8, 4) is 0 Å². The lowest BCUT2D eigenvalue weighted by molar-refractivity contribution is -0.120. The predicted octanol–water partition coefficient (Wildman–Crippen LogP) is 3.21. The summed E-state index contributed by atoms with van der Waals surface area (Å²) in [6, 6.07) is 9.01. The third kappa shape index (κ3) is 4.26. The van der Waals surface area contributed by atoms with E-state index in [-0.39, 0.29) is 5.91 Å². The van der Waals surface area contributed by atoms with Gasteiger partial charge in [0, 0.05) is 43.3 Å². The maximum Gasteiger partial charge on any atom is 0.224 e. The second-order valence-electron chi connectivity index (χ2n) is 8.34. The highest BCUT2D eigenvalue weighted by atomic mass is 16.5. The van der Waals surface area contributed by atoms with E-state index in [0.717, 1.165) is 18.7 Å². The van der Waals surface area contributed by atoms with E-state index in [1.54, 1.807) is 7.11 Å². The van der Waals surface area contributed by atoms with Gasteiger partial charge in [-0.1, -0.05) is 24.6 Å². The number of para-hydroxylation sites is 1. The van der Waals surface area contributed by atoms with E-state index in [2.05, 4.69) is 39.2 Å². The summed E-state index contributed by atoms with van der Waals surface area (Å²) in [5.74, 6) is 0.753. The Kier molecular flexibility index (Phi) is 6.33. The van der Waals surface area contributed by atoms with E-state index in [1.165, 1.54) is 56.1 Å². The Morgan fingerprint density at radius 2 is 2.04 bits per heavy atom. The minimum Gasteiger partial charge on any atom is -0.383 e. The monoisotopic (exact) mass is 383 g/mol. The normalized spacial score (nSPS) is 22.9. The molecule has 1 amide bonds. The average Bonchev–Trinajstić information content (AvgIpc) is 3.08. The molecule has 1 N–H and O–H groups in total. The fraction of sp³-hybridized carbons (Fsp3) is 0.609. The molecule has 0 bridgehead atoms. The van der Waals surface area contributed by atoms with E-state index < -0.39 is 0 Å². The Hall–Kier alpha value is -1.85. The second kappa shape index (κ2) is 9.10. The van der Waals surface area contributed by atoms with Crippen molar-refractivity contribution in [1.29, 1.82) is 0 Å². The summed E-state index contributed by atoms with van der Waals surface area (Å²) in [4.78, 5) is 15.4. The van der Waals surface area contributed by atoms with Gasteiger partial charge in [-0.2, -0.15) is 0 Å². The molecule has 0 aliphatic carbocycles. The summed E-state index contributed by atoms with van der Waals surface area (Å²) in [5, 5.41) is 4.42. The Morgan fingerprint density at radius 1 is 1.18 bits per heavy atom. The number of carbonyl (C=O) groups is 1. The smallest absolute Gasteiger partial charge is 0.224 e. The molecule has 2 atom stereocenters. The minimum absolute atomic E-state index is 0.141. The summed E-state index contributed by atoms with van der Waals surface area (Å²) in [7, 11) is 1.72. The second-order valence-corrected chi connectivity index (χ2v) is 8.34. The Morgan fingerprint density at radius 3 is 2.93 bits per heavy atom. The van der Waals surface area contributed by atoms with Gasteiger partial charge in [0.05, 0.1) is 13.0 Å². The molecule has 0 radical (unpaired) electrons. The van der Waals surface area contributed by atoms with Gasteiger partial charge in [-0.25, -0.2) is 0 Å². The molecule has 1 aromatic heterocycles. The zero-order chi connectivity index (χ0) is 19.3. The number of amides is 1. The van der Waals surface area contributed by atoms with Crippen LogP contribution < -0.4 is 5.32 Å². The lowest BCUT2D eigenvalue weighted by Crippen LogP contribution is -2.51. The first-order chi connectivity index (χ1) is 13.8. The maximum atomic E-state index is 12.7. The Labute approximate surface area is 168 Å². The molecule has 28 heavy (non-hydrogen) atoms. The molecule has 2 aliphatic heterocycles. The van der Waals surface area contributed by atoms with Crippen molar-refractivity contribution in [3.63, 3.8) is 0 Å². The van der Waals surface area contributed by atoms with Crippen molar-refractivity contribution in [2.75, 3.05) is 33.4 Å². The first-order valence-electron chi connectivity index (χ1n) is 10.8. The number of ether oxygens (including phenoxy) is 1. The van der Waals surface area contributed by atoms with E-state index in [0.29, 0.717) is 25.0 Å². The SMILES string of the molecule is COCCn1cc(CC(=O)NCC2CCCN3CCCCC23)c2ccccc21. The number of aromatic nitrogens is 1. The van der Waals surface area contributed by atoms with Crippen molar-refractivity contribution in [3.05, 3.63) is 36.0 Å². The number of hydrogen-bond donors (Lipinski definition) is 1. The number of carbonyl (C=O) groups excluding carboxylic acids is 1. The number of nitrogens with zero attached hydrogens (tertiary/aromatic N) is 2. The highest BCUT2D eigenvalue weighted by Gasteiger charge is 2.32. The highest BCUT2D eigenvalue weighted by molar-refractivity contribution is 5.89. The van der Waals surface area contributed by atoms with Crippen LogP contribution in [0.4, 0.5) is 0 Å². The quantitative estimate of drug-likeness (QED) is 0.799. The molecule has 2 aromatic rings. The summed E-state index contributed by atoms with van der Waals surface area (Å²) in [6.45, 7) is 4.79. The molecule has 2 unspecified atom stereocenters. The van der Waals surface area contributed by atoms with E-state index in [1.807, 2.05) is 6.07 Å². The third-order valence-electron chi connectivity index (χ3n) is 6.55. The highest BCUT2D eigenvalue weighted by Crippen LogP contribution is 2.30. The molecule has 152 valence electrons. The van der Waals surface area contributed by atoms with Crippen LogP contribution >= 0.6 is 0 Å². The van der Waals surface area contributed by atoms with Crippen LogP contribution in [0.25, 0.3) is 10.9 Å². The summed E-state index contributed by atoms with van der Waals surface area (Å²) in [6.07, 6.45) is 9.05. The van der Waals surface area contributed by atoms with Crippen LogP contribution in [0.2, 0.25) is 0 Å². The molecular weight excluding hydrogens is 350 g/mol. The zero-order valence-electron chi connectivity index (χ0n) is 17.0. The number of nitrogens with one attached hydrogen (secondary N) is 1. The fourth-order valence-electron chi connectivity index (χ4n) is 5.13. The van der Waals surface area contributed by atoms with Gasteiger partial charge in [-0.05, 0) is 56.3 Å². The van der Waals surface area contributed by atoms with Crippen LogP contribution in [0, 0.1) is 5.92 Å². The fourth-order valence-corrected chi connectivity index (χ4v) is 5.13. The van der Waals surface area contributed by atoms with Crippen molar-refractivity contribution in [2.45, 2.75) is 51.1 Å². The van der Waals surface area contributed by atoms with Gasteiger partial charge in [0.1, 0.15) is 0 Å². The number of fused-ring (bicyclic) bond motifs is 2. The van der Waals surface area contributed by atoms with Gasteiger partial charge in [0.15, 0.2) is 0 Å². The van der Waals surface area contributed by atoms with Gasteiger partial charge < -0.3 is 19.5 Å². The number of piperidine rings is 2. The first kappa shape index (κ1) is 19.5. The van der Waals surface area contributed by atoms with Crippen LogP contribution in [-0.2, 0) is 22.5 Å². The number of methoxy groups -OCH3 is 1. The topological polar surface area (TPSA) is 46.5 Å². The lowest BCUT2D eigenvalue weighted by atomic mass is 9.83. The van der Waals surface area contributed by atoms with E-state index in [9.17, 15) is 4.79 Å². The number of hydrogen-bond acceptors (Lipinski definition) is 3. The minimum atomic E-state index is 0.141. The molecule has 0 saturated carbocycles. The van der Waals surface area contributed by atoms with Crippen LogP contribution in [0.15, 0.2) is 30.5 Å². The van der Waals surface area contributed by atoms with E-state index >= 15 is 0 Å². The molecule has 5 nitrogen and oxygen atoms in total. The van der Waals surface area contributed by atoms with Gasteiger partial charge >= 0.3 is 0 Å². The lowest BCUT2D eigenvalue weighted by Gasteiger charge is -2.44. The van der Waals surface area contributed by atoms with Crippen LogP contribution in [0.3, 0.4) is 0 Å². The Bertz CT molecular complexity index is 798. The van der Waals surface area contributed by atoms with Crippen LogP contribution in [0.1, 0.15) is 37.7 Å². The molecule has 2 fully saturated rings. The third-order valence-corrected chi connectivity index (χ3v) is 6.55. The van der Waals surface area contributed by atoms with Crippen LogP contribution in [-0.4, -0.2) is 54.8 Å². The maximum absolute atomic E-state index is 12.7. The van der Waals surface area contributed by atoms with Crippen molar-refractivity contribution < 1.29 is 9.53 Å². The molecule has 4 rings (SSSR count). The van der Waals surface area contributed by atoms with Gasteiger partial charge in [0.25, 0.3) is 0 Å². The molecule has 3 heterocycles. The Balaban J connectivity index is 1.38. The average molecular weight is 384 g/mol. The van der Waals surface area contributed by atoms with Crippen molar-refractivity contribution >= 4 is 16.8 Å². The van der Waals surface area contributed by atoms with E-state index in [4.69, 9.17) is 4.74 Å². The summed E-state index contributed by atoms with van der Waals surface area (Å²) < 4.78 is 7.43. The largest absolute Gasteiger partial charge is 0.383 e. The van der Waals surface area contributed by atoms with Gasteiger partial charge in [0.2, 0.25) is 5.91 Å². The summed E-state index contributed by atoms with van der Waals surface area (Å²) >= 11 is 0. The predicted molar refractivity (Wildman–Crippen MR) is 112 cm³/mol. The molecule has 0 spiro atoms. The molecular formula is C23H33N3O2. The van der Waals surface area contributed by atoms with Gasteiger partial charge in [-0.3, -0.25) is 4.79 Å². The molecule has 5 heteroatoms. The first-order valence-corrected chi connectivity index (χ1v) is 10.8. The van der Waals surface area contributed by atoms with Crippen molar-refractivity contribution in [2.24, 2.45) is 5.92 Å². The molecule has 2 saturated heterocycles. The number of benzene rings is 1. The standard InChI is InChI=1S/C23H33N3O2/c1-28-14-13-26-17-19(20-8-2-3-10-22(20)26)15-23(27)24-16-18-7-6-12-25-11-5-4-9-21(18)25/h2-3,8,10,17-18,21H,4-7,9,11-16H2,1H3,(H,24,27).